The lowest BCUT2D eigenvalue weighted by Crippen LogP contribution is -2.27. The van der Waals surface area contributed by atoms with Gasteiger partial charge in [0.2, 0.25) is 0 Å². The Labute approximate surface area is 139 Å². The number of ether oxygens (including phenoxy) is 2. The van der Waals surface area contributed by atoms with E-state index in [0.717, 1.165) is 10.7 Å². The maximum atomic E-state index is 12.5. The van der Waals surface area contributed by atoms with Crippen LogP contribution in [0.3, 0.4) is 0 Å². The molecule has 0 unspecified atom stereocenters. The summed E-state index contributed by atoms with van der Waals surface area (Å²) in [5, 5.41) is 5.85. The van der Waals surface area contributed by atoms with E-state index in [-0.39, 0.29) is 11.9 Å². The molecule has 0 saturated carbocycles. The van der Waals surface area contributed by atoms with Gasteiger partial charge in [-0.15, -0.1) is 11.3 Å². The Morgan fingerprint density at radius 2 is 2.26 bits per heavy atom. The first-order valence-electron chi connectivity index (χ1n) is 7.29. The number of carbonyl (C=O) groups excluding carboxylic acids is 1. The number of amides is 1. The van der Waals surface area contributed by atoms with Gasteiger partial charge in [-0.1, -0.05) is 0 Å². The molecule has 1 heterocycles. The second-order valence-corrected chi connectivity index (χ2v) is 6.05. The van der Waals surface area contributed by atoms with E-state index in [1.807, 2.05) is 19.2 Å². The Hall–Kier alpha value is -2.12. The minimum absolute atomic E-state index is 0.183. The topological polar surface area (TPSA) is 86.5 Å². The fraction of sp³-hybridized carbons (Fsp3) is 0.375. The van der Waals surface area contributed by atoms with Crippen molar-refractivity contribution in [3.8, 4) is 11.5 Å². The molecular formula is C16H21N3O3S. The van der Waals surface area contributed by atoms with E-state index >= 15 is 0 Å². The van der Waals surface area contributed by atoms with Gasteiger partial charge in [0.15, 0.2) is 0 Å². The van der Waals surface area contributed by atoms with Crippen molar-refractivity contribution >= 4 is 17.2 Å². The quantitative estimate of drug-likeness (QED) is 0.811. The molecule has 2 aromatic rings. The van der Waals surface area contributed by atoms with Crippen LogP contribution in [0.25, 0.3) is 0 Å². The molecule has 1 aromatic heterocycles. The third-order valence-corrected chi connectivity index (χ3v) is 4.03. The van der Waals surface area contributed by atoms with Gasteiger partial charge in [-0.05, 0) is 26.0 Å². The van der Waals surface area contributed by atoms with Crippen LogP contribution in [0.4, 0.5) is 0 Å². The van der Waals surface area contributed by atoms with Gasteiger partial charge in [0.1, 0.15) is 18.1 Å². The number of rotatable bonds is 7. The molecule has 0 fully saturated rings. The van der Waals surface area contributed by atoms with Gasteiger partial charge >= 0.3 is 0 Å². The first kappa shape index (κ1) is 17.2. The van der Waals surface area contributed by atoms with Crippen LogP contribution in [-0.4, -0.2) is 31.2 Å². The smallest absolute Gasteiger partial charge is 0.255 e. The Balaban J connectivity index is 2.17. The number of aromatic nitrogens is 1. The molecule has 1 amide bonds. The van der Waals surface area contributed by atoms with Gasteiger partial charge in [0.25, 0.3) is 5.91 Å². The highest BCUT2D eigenvalue weighted by molar-refractivity contribution is 7.09. The number of methoxy groups -OCH3 is 1. The predicted octanol–water partition coefficient (Wildman–Crippen LogP) is 2.29. The molecule has 0 spiro atoms. The largest absolute Gasteiger partial charge is 0.497 e. The Morgan fingerprint density at radius 1 is 1.48 bits per heavy atom. The summed E-state index contributed by atoms with van der Waals surface area (Å²) in [5.74, 6) is 0.850. The first-order chi connectivity index (χ1) is 11.0. The fourth-order valence-corrected chi connectivity index (χ4v) is 2.74. The Morgan fingerprint density at radius 3 is 2.87 bits per heavy atom. The van der Waals surface area contributed by atoms with Crippen LogP contribution in [0, 0.1) is 6.92 Å². The highest BCUT2D eigenvalue weighted by Gasteiger charge is 2.18. The normalized spacial score (nSPS) is 11.8. The van der Waals surface area contributed by atoms with Gasteiger partial charge in [-0.3, -0.25) is 4.79 Å². The third kappa shape index (κ3) is 4.43. The highest BCUT2D eigenvalue weighted by atomic mass is 32.1. The number of nitrogens with two attached hydrogens (primary N) is 1. The van der Waals surface area contributed by atoms with E-state index in [2.05, 4.69) is 10.3 Å². The Kier molecular flexibility index (Phi) is 5.95. The Bertz CT molecular complexity index is 672. The number of carbonyl (C=O) groups is 1. The molecule has 0 aliphatic rings. The summed E-state index contributed by atoms with van der Waals surface area (Å²) in [6.45, 7) is 4.53. The minimum Gasteiger partial charge on any atom is -0.497 e. The monoisotopic (exact) mass is 335 g/mol. The van der Waals surface area contributed by atoms with Gasteiger partial charge in [0.05, 0.1) is 29.4 Å². The molecule has 0 bridgehead atoms. The van der Waals surface area contributed by atoms with Gasteiger partial charge < -0.3 is 20.5 Å². The zero-order valence-electron chi connectivity index (χ0n) is 13.5. The summed E-state index contributed by atoms with van der Waals surface area (Å²) in [5.41, 5.74) is 6.76. The second-order valence-electron chi connectivity index (χ2n) is 4.99. The van der Waals surface area contributed by atoms with E-state index in [9.17, 15) is 4.79 Å². The summed E-state index contributed by atoms with van der Waals surface area (Å²) in [4.78, 5) is 16.9. The van der Waals surface area contributed by atoms with Crippen LogP contribution < -0.4 is 20.5 Å². The van der Waals surface area contributed by atoms with E-state index in [1.165, 1.54) is 0 Å². The summed E-state index contributed by atoms with van der Waals surface area (Å²) in [6.07, 6.45) is 0. The number of thiazole rings is 1. The van der Waals surface area contributed by atoms with Gasteiger partial charge in [-0.2, -0.15) is 0 Å². The van der Waals surface area contributed by atoms with Crippen molar-refractivity contribution in [1.82, 2.24) is 10.3 Å². The van der Waals surface area contributed by atoms with Crippen molar-refractivity contribution in [2.24, 2.45) is 5.73 Å². The van der Waals surface area contributed by atoms with Crippen LogP contribution in [-0.2, 0) is 0 Å². The van der Waals surface area contributed by atoms with Crippen LogP contribution in [0.1, 0.15) is 34.0 Å². The van der Waals surface area contributed by atoms with Crippen molar-refractivity contribution in [2.45, 2.75) is 19.9 Å². The maximum Gasteiger partial charge on any atom is 0.255 e. The average molecular weight is 335 g/mol. The average Bonchev–Trinajstić information content (AvgIpc) is 2.99. The molecule has 124 valence electrons. The zero-order valence-corrected chi connectivity index (χ0v) is 14.3. The molecule has 23 heavy (non-hydrogen) atoms. The highest BCUT2D eigenvalue weighted by Crippen LogP contribution is 2.26. The van der Waals surface area contributed by atoms with E-state index in [1.54, 1.807) is 36.6 Å². The van der Waals surface area contributed by atoms with Gasteiger partial charge in [-0.25, -0.2) is 4.98 Å². The van der Waals surface area contributed by atoms with Crippen molar-refractivity contribution in [3.63, 3.8) is 0 Å². The summed E-state index contributed by atoms with van der Waals surface area (Å²) >= 11 is 1.56. The van der Waals surface area contributed by atoms with Crippen LogP contribution in [0.5, 0.6) is 11.5 Å². The molecule has 0 aliphatic carbocycles. The van der Waals surface area contributed by atoms with E-state index in [4.69, 9.17) is 15.2 Å². The van der Waals surface area contributed by atoms with Crippen molar-refractivity contribution in [1.29, 1.82) is 0 Å². The number of nitrogens with zero attached hydrogens (tertiary/aromatic N) is 1. The zero-order chi connectivity index (χ0) is 16.8. The van der Waals surface area contributed by atoms with Crippen molar-refractivity contribution in [3.05, 3.63) is 39.8 Å². The summed E-state index contributed by atoms with van der Waals surface area (Å²) in [7, 11) is 1.56. The number of hydrogen-bond donors (Lipinski definition) is 2. The lowest BCUT2D eigenvalue weighted by molar-refractivity contribution is 0.0935. The number of hydrogen-bond acceptors (Lipinski definition) is 6. The van der Waals surface area contributed by atoms with E-state index in [0.29, 0.717) is 30.2 Å². The molecule has 0 aliphatic heterocycles. The molecule has 0 radical (unpaired) electrons. The predicted molar refractivity (Wildman–Crippen MR) is 90.3 cm³/mol. The summed E-state index contributed by atoms with van der Waals surface area (Å²) < 4.78 is 10.7. The SMILES string of the molecule is COc1ccc(C(=O)N[C@@H](C)c2csc(C)n2)c(OCCN)c1. The van der Waals surface area contributed by atoms with Gasteiger partial charge in [0, 0.05) is 18.0 Å². The molecule has 0 saturated heterocycles. The maximum absolute atomic E-state index is 12.5. The van der Waals surface area contributed by atoms with Crippen LogP contribution >= 0.6 is 11.3 Å². The minimum atomic E-state index is -0.224. The third-order valence-electron chi connectivity index (χ3n) is 3.24. The van der Waals surface area contributed by atoms with Crippen molar-refractivity contribution in [2.75, 3.05) is 20.3 Å². The number of aryl methyl sites for hydroxylation is 1. The summed E-state index contributed by atoms with van der Waals surface area (Å²) in [6, 6.07) is 4.90. The molecule has 2 rings (SSSR count). The molecular weight excluding hydrogens is 314 g/mol. The number of benzene rings is 1. The van der Waals surface area contributed by atoms with Crippen molar-refractivity contribution < 1.29 is 14.3 Å². The van der Waals surface area contributed by atoms with E-state index < -0.39 is 0 Å². The molecule has 1 atom stereocenters. The fourth-order valence-electron chi connectivity index (χ4n) is 2.03. The molecule has 6 nitrogen and oxygen atoms in total. The molecule has 3 N–H and O–H groups in total. The van der Waals surface area contributed by atoms with Crippen LogP contribution in [0.2, 0.25) is 0 Å². The van der Waals surface area contributed by atoms with Crippen LogP contribution in [0.15, 0.2) is 23.6 Å². The second kappa shape index (κ2) is 7.94. The standard InChI is InChI=1S/C16H21N3O3S/c1-10(14-9-23-11(2)19-14)18-16(20)13-5-4-12(21-3)8-15(13)22-7-6-17/h4-5,8-10H,6-7,17H2,1-3H3,(H,18,20)/t10-/m0/s1. The first-order valence-corrected chi connectivity index (χ1v) is 8.17. The number of nitrogens with one attached hydrogen (secondary N) is 1. The lowest BCUT2D eigenvalue weighted by atomic mass is 10.1. The lowest BCUT2D eigenvalue weighted by Gasteiger charge is -2.15. The molecule has 7 heteroatoms. The molecule has 1 aromatic carbocycles.